The van der Waals surface area contributed by atoms with E-state index in [1.165, 1.54) is 28.3 Å². The van der Waals surface area contributed by atoms with Crippen LogP contribution in [-0.2, 0) is 5.41 Å². The number of rotatable bonds is 1. The molecule has 0 spiro atoms. The molecule has 84 valence electrons. The van der Waals surface area contributed by atoms with Gasteiger partial charge in [0, 0.05) is 0 Å². The molecular weight excluding hydrogens is 206 g/mol. The molecule has 3 rings (SSSR count). The van der Waals surface area contributed by atoms with E-state index in [2.05, 4.69) is 49.4 Å². The zero-order valence-electron chi connectivity index (χ0n) is 10.0. The summed E-state index contributed by atoms with van der Waals surface area (Å²) in [5.41, 5.74) is 2.28. The van der Waals surface area contributed by atoms with Crippen LogP contribution >= 0.6 is 0 Å². The second-order valence-corrected chi connectivity index (χ2v) is 5.11. The van der Waals surface area contributed by atoms with E-state index in [0.717, 1.165) is 12.8 Å². The van der Waals surface area contributed by atoms with Crippen molar-refractivity contribution in [3.05, 3.63) is 47.5 Å². The van der Waals surface area contributed by atoms with Gasteiger partial charge in [0.1, 0.15) is 0 Å². The standard InChI is InChI=1S/C16H15N/c1-12-3-4-14-10-15(6-5-13(14)9-12)16(11-17)7-2-8-16/h3-6,9-10H,2,7-8H2,1H3. The molecule has 2 aromatic carbocycles. The summed E-state index contributed by atoms with van der Waals surface area (Å²) in [5.74, 6) is 0. The highest BCUT2D eigenvalue weighted by molar-refractivity contribution is 5.84. The van der Waals surface area contributed by atoms with E-state index < -0.39 is 0 Å². The molecule has 0 radical (unpaired) electrons. The minimum absolute atomic E-state index is 0.195. The first kappa shape index (κ1) is 10.4. The largest absolute Gasteiger partial charge is 0.197 e. The predicted octanol–water partition coefficient (Wildman–Crippen LogP) is 4.09. The molecule has 0 aliphatic heterocycles. The molecule has 0 amide bonds. The van der Waals surface area contributed by atoms with Gasteiger partial charge in [-0.15, -0.1) is 0 Å². The van der Waals surface area contributed by atoms with Crippen LogP contribution in [0.3, 0.4) is 0 Å². The van der Waals surface area contributed by atoms with Gasteiger partial charge in [-0.1, -0.05) is 35.9 Å². The van der Waals surface area contributed by atoms with Crippen molar-refractivity contribution in [2.45, 2.75) is 31.6 Å². The molecule has 0 unspecified atom stereocenters. The summed E-state index contributed by atoms with van der Waals surface area (Å²) in [7, 11) is 0. The Balaban J connectivity index is 2.14. The maximum absolute atomic E-state index is 9.36. The first-order valence-electron chi connectivity index (χ1n) is 6.16. The first-order valence-corrected chi connectivity index (χ1v) is 6.16. The normalized spacial score (nSPS) is 17.4. The lowest BCUT2D eigenvalue weighted by Crippen LogP contribution is -2.32. The van der Waals surface area contributed by atoms with Gasteiger partial charge in [0.2, 0.25) is 0 Å². The van der Waals surface area contributed by atoms with Crippen molar-refractivity contribution in [2.24, 2.45) is 0 Å². The monoisotopic (exact) mass is 221 g/mol. The number of hydrogen-bond donors (Lipinski definition) is 0. The van der Waals surface area contributed by atoms with Crippen LogP contribution < -0.4 is 0 Å². The smallest absolute Gasteiger partial charge is 0.0822 e. The summed E-state index contributed by atoms with van der Waals surface area (Å²) < 4.78 is 0. The molecule has 1 aliphatic carbocycles. The van der Waals surface area contributed by atoms with Gasteiger partial charge in [-0.2, -0.15) is 5.26 Å². The third-order valence-electron chi connectivity index (χ3n) is 3.97. The second kappa shape index (κ2) is 3.60. The minimum Gasteiger partial charge on any atom is -0.197 e. The molecular formula is C16H15N. The Morgan fingerprint density at radius 3 is 2.41 bits per heavy atom. The van der Waals surface area contributed by atoms with Gasteiger partial charge in [-0.25, -0.2) is 0 Å². The minimum atomic E-state index is -0.195. The maximum atomic E-state index is 9.36. The van der Waals surface area contributed by atoms with Gasteiger partial charge < -0.3 is 0 Å². The van der Waals surface area contributed by atoms with E-state index in [1.54, 1.807) is 0 Å². The third-order valence-corrected chi connectivity index (χ3v) is 3.97. The van der Waals surface area contributed by atoms with Crippen LogP contribution in [0.5, 0.6) is 0 Å². The number of nitriles is 1. The second-order valence-electron chi connectivity index (χ2n) is 5.11. The molecule has 1 heteroatoms. The molecule has 1 aliphatic rings. The Morgan fingerprint density at radius 1 is 1.06 bits per heavy atom. The highest BCUT2D eigenvalue weighted by Crippen LogP contribution is 2.43. The molecule has 17 heavy (non-hydrogen) atoms. The summed E-state index contributed by atoms with van der Waals surface area (Å²) in [6.45, 7) is 2.11. The van der Waals surface area contributed by atoms with Gasteiger partial charge in [-0.3, -0.25) is 0 Å². The van der Waals surface area contributed by atoms with Crippen molar-refractivity contribution >= 4 is 10.8 Å². The SMILES string of the molecule is Cc1ccc2cc(C3(C#N)CCC3)ccc2c1. The van der Waals surface area contributed by atoms with E-state index in [1.807, 2.05) is 0 Å². The van der Waals surface area contributed by atoms with Crippen molar-refractivity contribution in [2.75, 3.05) is 0 Å². The molecule has 1 saturated carbocycles. The van der Waals surface area contributed by atoms with Crippen LogP contribution in [0.4, 0.5) is 0 Å². The van der Waals surface area contributed by atoms with Crippen LogP contribution in [0, 0.1) is 18.3 Å². The van der Waals surface area contributed by atoms with Crippen LogP contribution in [0.1, 0.15) is 30.4 Å². The number of fused-ring (bicyclic) bond motifs is 1. The van der Waals surface area contributed by atoms with Gasteiger partial charge >= 0.3 is 0 Å². The van der Waals surface area contributed by atoms with E-state index in [-0.39, 0.29) is 5.41 Å². The summed E-state index contributed by atoms with van der Waals surface area (Å²) >= 11 is 0. The number of nitrogens with zero attached hydrogens (tertiary/aromatic N) is 1. The van der Waals surface area contributed by atoms with Crippen LogP contribution in [0.25, 0.3) is 10.8 Å². The number of benzene rings is 2. The Morgan fingerprint density at radius 2 is 1.76 bits per heavy atom. The van der Waals surface area contributed by atoms with Crippen LogP contribution in [-0.4, -0.2) is 0 Å². The molecule has 0 atom stereocenters. The fraction of sp³-hybridized carbons (Fsp3) is 0.312. The van der Waals surface area contributed by atoms with Crippen molar-refractivity contribution < 1.29 is 0 Å². The van der Waals surface area contributed by atoms with E-state index >= 15 is 0 Å². The third kappa shape index (κ3) is 1.52. The predicted molar refractivity (Wildman–Crippen MR) is 69.8 cm³/mol. The van der Waals surface area contributed by atoms with Crippen molar-refractivity contribution in [1.82, 2.24) is 0 Å². The average molecular weight is 221 g/mol. The van der Waals surface area contributed by atoms with Crippen LogP contribution in [0.2, 0.25) is 0 Å². The highest BCUT2D eigenvalue weighted by atomic mass is 14.4. The zero-order chi connectivity index (χ0) is 11.9. The molecule has 2 aromatic rings. The van der Waals surface area contributed by atoms with Gasteiger partial charge in [0.15, 0.2) is 0 Å². The zero-order valence-corrected chi connectivity index (χ0v) is 10.0. The average Bonchev–Trinajstić information content (AvgIpc) is 2.28. The number of aryl methyl sites for hydroxylation is 1. The van der Waals surface area contributed by atoms with Gasteiger partial charge in [0.05, 0.1) is 11.5 Å². The summed E-state index contributed by atoms with van der Waals surface area (Å²) in [6, 6.07) is 15.5. The Hall–Kier alpha value is -1.81. The van der Waals surface area contributed by atoms with Crippen molar-refractivity contribution in [3.8, 4) is 6.07 Å². The molecule has 0 saturated heterocycles. The van der Waals surface area contributed by atoms with E-state index in [4.69, 9.17) is 0 Å². The fourth-order valence-corrected chi connectivity index (χ4v) is 2.66. The lowest BCUT2D eigenvalue weighted by atomic mass is 9.65. The molecule has 1 fully saturated rings. The Bertz CT molecular complexity index is 615. The lowest BCUT2D eigenvalue weighted by molar-refractivity contribution is 0.324. The maximum Gasteiger partial charge on any atom is 0.0822 e. The lowest BCUT2D eigenvalue weighted by Gasteiger charge is -2.35. The summed E-state index contributed by atoms with van der Waals surface area (Å²) in [6.07, 6.45) is 3.21. The fourth-order valence-electron chi connectivity index (χ4n) is 2.66. The van der Waals surface area contributed by atoms with Crippen molar-refractivity contribution in [1.29, 1.82) is 5.26 Å². The Labute approximate surface area is 102 Å². The molecule has 1 nitrogen and oxygen atoms in total. The van der Waals surface area contributed by atoms with Crippen molar-refractivity contribution in [3.63, 3.8) is 0 Å². The summed E-state index contributed by atoms with van der Waals surface area (Å²) in [5, 5.41) is 11.9. The van der Waals surface area contributed by atoms with Gasteiger partial charge in [0.25, 0.3) is 0 Å². The number of hydrogen-bond acceptors (Lipinski definition) is 1. The summed E-state index contributed by atoms with van der Waals surface area (Å²) in [4.78, 5) is 0. The first-order chi connectivity index (χ1) is 8.23. The van der Waals surface area contributed by atoms with Crippen LogP contribution in [0.15, 0.2) is 36.4 Å². The topological polar surface area (TPSA) is 23.8 Å². The molecule has 0 aromatic heterocycles. The molecule has 0 bridgehead atoms. The highest BCUT2D eigenvalue weighted by Gasteiger charge is 2.38. The quantitative estimate of drug-likeness (QED) is 0.711. The Kier molecular flexibility index (Phi) is 2.19. The molecule has 0 N–H and O–H groups in total. The van der Waals surface area contributed by atoms with E-state index in [9.17, 15) is 5.26 Å². The van der Waals surface area contributed by atoms with Gasteiger partial charge in [-0.05, 0) is 48.6 Å². The molecule has 0 heterocycles. The van der Waals surface area contributed by atoms with E-state index in [0.29, 0.717) is 0 Å².